The van der Waals surface area contributed by atoms with Crippen LogP contribution in [-0.4, -0.2) is 57.1 Å². The Balaban J connectivity index is 0.00000192. The third-order valence-corrected chi connectivity index (χ3v) is 11.8. The van der Waals surface area contributed by atoms with E-state index in [2.05, 4.69) is 60.3 Å². The summed E-state index contributed by atoms with van der Waals surface area (Å²) in [4.78, 5) is 25.4. The number of carbonyl (C=O) groups is 2. The molecule has 1 aliphatic rings. The summed E-state index contributed by atoms with van der Waals surface area (Å²) in [7, 11) is 1.80. The number of hydrogen-bond donors (Lipinski definition) is 0. The molecule has 316 valence electrons. The standard InChI is InChI=1S/C37H71NO3.C11H24O/c1-33(2)26-27-36(34(3)4)32-41-37(40)25-19-14-10-7-9-13-18-24-35(31-38-28-20-16-21-29-38)23-17-12-8-5-6-11-15-22-30-39;1-9(2)6-7-11(8-12-5)10(3)4/h30,33-36H,5-29,31-32H2,1-4H3;9-11H,6-8H2,1-5H3. The van der Waals surface area contributed by atoms with Gasteiger partial charge in [0, 0.05) is 33.1 Å². The summed E-state index contributed by atoms with van der Waals surface area (Å²) in [6.07, 6.45) is 32.3. The lowest BCUT2D eigenvalue weighted by atomic mass is 9.89. The fraction of sp³-hybridized carbons (Fsp3) is 0.958. The van der Waals surface area contributed by atoms with E-state index in [0.717, 1.165) is 68.7 Å². The SMILES string of the molecule is CC(C)CCC(COC(=O)CCCCCCCCCC(CCCCCCCCCC=O)CN1CCCCC1)C(C)C.COCC(CCC(C)C)C(C)C. The Morgan fingerprint density at radius 2 is 1.02 bits per heavy atom. The highest BCUT2D eigenvalue weighted by Crippen LogP contribution is 2.24. The summed E-state index contributed by atoms with van der Waals surface area (Å²) in [5, 5.41) is 0. The molecule has 0 radical (unpaired) electrons. The maximum Gasteiger partial charge on any atom is 0.305 e. The van der Waals surface area contributed by atoms with E-state index in [-0.39, 0.29) is 5.97 Å². The molecule has 53 heavy (non-hydrogen) atoms. The molecule has 0 spiro atoms. The Bertz CT molecular complexity index is 790. The highest BCUT2D eigenvalue weighted by atomic mass is 16.5. The second-order valence-electron chi connectivity index (χ2n) is 18.5. The van der Waals surface area contributed by atoms with Gasteiger partial charge in [-0.05, 0) is 106 Å². The predicted molar refractivity (Wildman–Crippen MR) is 231 cm³/mol. The lowest BCUT2D eigenvalue weighted by Gasteiger charge is -2.30. The molecule has 1 heterocycles. The number of ether oxygens (including phenoxy) is 2. The summed E-state index contributed by atoms with van der Waals surface area (Å²) < 4.78 is 10.8. The average Bonchev–Trinajstić information content (AvgIpc) is 3.12. The van der Waals surface area contributed by atoms with Crippen LogP contribution in [0, 0.1) is 41.4 Å². The zero-order valence-electron chi connectivity index (χ0n) is 37.4. The summed E-state index contributed by atoms with van der Waals surface area (Å²) in [6.45, 7) is 23.7. The largest absolute Gasteiger partial charge is 0.465 e. The van der Waals surface area contributed by atoms with Crippen LogP contribution in [0.3, 0.4) is 0 Å². The second-order valence-corrected chi connectivity index (χ2v) is 18.5. The van der Waals surface area contributed by atoms with Gasteiger partial charge in [-0.25, -0.2) is 0 Å². The average molecular weight is 750 g/mol. The van der Waals surface area contributed by atoms with Gasteiger partial charge in [-0.1, -0.05) is 152 Å². The van der Waals surface area contributed by atoms with E-state index >= 15 is 0 Å². The first kappa shape index (κ1) is 52.1. The number of nitrogens with zero attached hydrogens (tertiary/aromatic N) is 1. The van der Waals surface area contributed by atoms with Crippen molar-refractivity contribution < 1.29 is 19.1 Å². The molecule has 5 heteroatoms. The van der Waals surface area contributed by atoms with Gasteiger partial charge in [-0.2, -0.15) is 0 Å². The van der Waals surface area contributed by atoms with Crippen LogP contribution in [-0.2, 0) is 19.1 Å². The van der Waals surface area contributed by atoms with Gasteiger partial charge in [0.2, 0.25) is 0 Å². The van der Waals surface area contributed by atoms with E-state index in [4.69, 9.17) is 9.47 Å². The van der Waals surface area contributed by atoms with E-state index < -0.39 is 0 Å². The first-order valence-electron chi connectivity index (χ1n) is 23.3. The number of hydrogen-bond acceptors (Lipinski definition) is 5. The van der Waals surface area contributed by atoms with Crippen LogP contribution in [0.4, 0.5) is 0 Å². The fourth-order valence-electron chi connectivity index (χ4n) is 7.76. The van der Waals surface area contributed by atoms with E-state index in [1.807, 2.05) is 0 Å². The van der Waals surface area contributed by atoms with E-state index in [9.17, 15) is 9.59 Å². The monoisotopic (exact) mass is 750 g/mol. The van der Waals surface area contributed by atoms with Crippen LogP contribution < -0.4 is 0 Å². The molecule has 0 saturated carbocycles. The van der Waals surface area contributed by atoms with Crippen LogP contribution in [0.5, 0.6) is 0 Å². The molecule has 1 rings (SSSR count). The predicted octanol–water partition coefficient (Wildman–Crippen LogP) is 13.9. The molecule has 1 saturated heterocycles. The number of aldehydes is 1. The second kappa shape index (κ2) is 36.7. The van der Waals surface area contributed by atoms with Crippen molar-refractivity contribution in [2.75, 3.05) is 40.0 Å². The molecule has 0 amide bonds. The van der Waals surface area contributed by atoms with E-state index in [1.165, 1.54) is 142 Å². The molecule has 3 atom stereocenters. The molecule has 1 fully saturated rings. The first-order valence-corrected chi connectivity index (χ1v) is 23.3. The molecule has 0 aromatic heterocycles. The molecule has 5 nitrogen and oxygen atoms in total. The van der Waals surface area contributed by atoms with Crippen LogP contribution in [0.1, 0.15) is 216 Å². The zero-order valence-corrected chi connectivity index (χ0v) is 37.4. The number of unbranched alkanes of at least 4 members (excludes halogenated alkanes) is 13. The normalized spacial score (nSPS) is 15.5. The fourth-order valence-corrected chi connectivity index (χ4v) is 7.76. The van der Waals surface area contributed by atoms with Crippen molar-refractivity contribution in [3.8, 4) is 0 Å². The first-order chi connectivity index (χ1) is 25.5. The Morgan fingerprint density at radius 3 is 1.47 bits per heavy atom. The summed E-state index contributed by atoms with van der Waals surface area (Å²) >= 11 is 0. The van der Waals surface area contributed by atoms with Gasteiger partial charge in [-0.15, -0.1) is 0 Å². The van der Waals surface area contributed by atoms with Gasteiger partial charge in [0.05, 0.1) is 6.61 Å². The number of methoxy groups -OCH3 is 1. The highest BCUT2D eigenvalue weighted by Gasteiger charge is 2.18. The van der Waals surface area contributed by atoms with E-state index in [1.54, 1.807) is 7.11 Å². The molecule has 0 aromatic carbocycles. The Morgan fingerprint density at radius 1 is 0.566 bits per heavy atom. The minimum atomic E-state index is 0.00883. The van der Waals surface area contributed by atoms with Gasteiger partial charge in [0.1, 0.15) is 6.29 Å². The molecular formula is C48H95NO4. The molecule has 1 aliphatic heterocycles. The van der Waals surface area contributed by atoms with Gasteiger partial charge in [0.15, 0.2) is 0 Å². The highest BCUT2D eigenvalue weighted by molar-refractivity contribution is 5.69. The quantitative estimate of drug-likeness (QED) is 0.0372. The lowest BCUT2D eigenvalue weighted by molar-refractivity contribution is -0.145. The Hall–Kier alpha value is -0.940. The zero-order chi connectivity index (χ0) is 39.5. The number of likely N-dealkylation sites (tertiary alicyclic amines) is 1. The summed E-state index contributed by atoms with van der Waals surface area (Å²) in [5.74, 6) is 5.00. The number of piperidine rings is 1. The van der Waals surface area contributed by atoms with Crippen molar-refractivity contribution in [2.24, 2.45) is 41.4 Å². The molecule has 0 bridgehead atoms. The molecule has 3 unspecified atom stereocenters. The molecule has 0 aliphatic carbocycles. The third-order valence-electron chi connectivity index (χ3n) is 11.8. The van der Waals surface area contributed by atoms with Crippen molar-refractivity contribution in [1.29, 1.82) is 0 Å². The van der Waals surface area contributed by atoms with E-state index in [0.29, 0.717) is 30.8 Å². The number of esters is 1. The third kappa shape index (κ3) is 34.1. The number of carbonyl (C=O) groups excluding carboxylic acids is 2. The van der Waals surface area contributed by atoms with Crippen LogP contribution in [0.25, 0.3) is 0 Å². The van der Waals surface area contributed by atoms with Gasteiger partial charge < -0.3 is 19.2 Å². The Kier molecular flexibility index (Phi) is 36.0. The van der Waals surface area contributed by atoms with Crippen molar-refractivity contribution in [3.05, 3.63) is 0 Å². The van der Waals surface area contributed by atoms with Gasteiger partial charge in [0.25, 0.3) is 0 Å². The minimum absolute atomic E-state index is 0.00883. The van der Waals surface area contributed by atoms with Crippen LogP contribution in [0.15, 0.2) is 0 Å². The minimum Gasteiger partial charge on any atom is -0.465 e. The van der Waals surface area contributed by atoms with Gasteiger partial charge in [-0.3, -0.25) is 4.79 Å². The van der Waals surface area contributed by atoms with Crippen molar-refractivity contribution >= 4 is 12.3 Å². The maximum absolute atomic E-state index is 12.2. The molecule has 0 N–H and O–H groups in total. The summed E-state index contributed by atoms with van der Waals surface area (Å²) in [6, 6.07) is 0. The Labute approximate surface area is 332 Å². The van der Waals surface area contributed by atoms with Crippen LogP contribution in [0.2, 0.25) is 0 Å². The van der Waals surface area contributed by atoms with Crippen molar-refractivity contribution in [1.82, 2.24) is 4.90 Å². The summed E-state index contributed by atoms with van der Waals surface area (Å²) in [5.41, 5.74) is 0. The molecule has 0 aromatic rings. The van der Waals surface area contributed by atoms with Gasteiger partial charge >= 0.3 is 5.97 Å². The topological polar surface area (TPSA) is 55.8 Å². The number of rotatable bonds is 34. The van der Waals surface area contributed by atoms with Crippen molar-refractivity contribution in [3.63, 3.8) is 0 Å². The maximum atomic E-state index is 12.2. The lowest BCUT2D eigenvalue weighted by Crippen LogP contribution is -2.34. The molecular weight excluding hydrogens is 655 g/mol. The van der Waals surface area contributed by atoms with Crippen molar-refractivity contribution in [2.45, 2.75) is 216 Å². The van der Waals surface area contributed by atoms with Crippen LogP contribution >= 0.6 is 0 Å². The smallest absolute Gasteiger partial charge is 0.305 e.